The molecule has 2 amide bonds. The maximum atomic E-state index is 12.7. The van der Waals surface area contributed by atoms with Crippen LogP contribution in [0.5, 0.6) is 5.75 Å². The molecule has 0 spiro atoms. The Hall–Kier alpha value is -2.09. The lowest BCUT2D eigenvalue weighted by Gasteiger charge is -2.34. The highest BCUT2D eigenvalue weighted by Crippen LogP contribution is 2.29. The summed E-state index contributed by atoms with van der Waals surface area (Å²) in [5.74, 6) is 1.37. The summed E-state index contributed by atoms with van der Waals surface area (Å²) in [6.07, 6.45) is 2.39. The maximum absolute atomic E-state index is 12.7. The number of benzene rings is 2. The van der Waals surface area contributed by atoms with Crippen LogP contribution in [0.1, 0.15) is 43.7 Å². The Labute approximate surface area is 205 Å². The van der Waals surface area contributed by atoms with Crippen LogP contribution in [-0.2, 0) is 6.54 Å². The summed E-state index contributed by atoms with van der Waals surface area (Å²) < 4.78 is 7.20. The number of hydrogen-bond donors (Lipinski definition) is 2. The molecule has 2 N–H and O–H groups in total. The number of urea groups is 1. The van der Waals surface area contributed by atoms with Crippen LogP contribution in [0.25, 0.3) is 0 Å². The lowest BCUT2D eigenvalue weighted by Crippen LogP contribution is -2.49. The van der Waals surface area contributed by atoms with E-state index in [4.69, 9.17) is 4.74 Å². The average Bonchev–Trinajstić information content (AvgIpc) is 2.82. The zero-order valence-corrected chi connectivity index (χ0v) is 21.2. The Balaban J connectivity index is 1.25. The molecule has 0 radical (unpaired) electrons. The Kier molecular flexibility index (Phi) is 8.28. The highest BCUT2D eigenvalue weighted by molar-refractivity contribution is 9.10. The van der Waals surface area contributed by atoms with E-state index in [1.807, 2.05) is 17.0 Å². The largest absolute Gasteiger partial charge is 0.489 e. The number of nitrogens with zero attached hydrogens (tertiary/aromatic N) is 2. The van der Waals surface area contributed by atoms with Crippen molar-refractivity contribution in [3.05, 3.63) is 58.1 Å². The summed E-state index contributed by atoms with van der Waals surface area (Å²) in [5.41, 5.74) is 3.35. The third-order valence-electron chi connectivity index (χ3n) is 6.45. The summed E-state index contributed by atoms with van der Waals surface area (Å²) >= 11 is 3.69. The second-order valence-electron chi connectivity index (χ2n) is 9.31. The molecule has 178 valence electrons. The maximum Gasteiger partial charge on any atom is 0.321 e. The van der Waals surface area contributed by atoms with Crippen LogP contribution in [0.2, 0.25) is 0 Å². The molecule has 7 heteroatoms. The molecule has 2 aliphatic heterocycles. The monoisotopic (exact) mass is 514 g/mol. The second-order valence-corrected chi connectivity index (χ2v) is 10.2. The molecule has 0 aromatic heterocycles. The number of piperidine rings is 1. The van der Waals surface area contributed by atoms with Crippen LogP contribution in [0.4, 0.5) is 10.5 Å². The van der Waals surface area contributed by atoms with Gasteiger partial charge in [-0.25, -0.2) is 4.79 Å². The predicted octanol–water partition coefficient (Wildman–Crippen LogP) is 5.05. The van der Waals surface area contributed by atoms with Gasteiger partial charge in [-0.15, -0.1) is 0 Å². The number of carbonyl (C=O) groups excluding carboxylic acids is 1. The standard InChI is InChI=1S/C26H35BrN4O2/c1-19(2)21-4-3-5-22(17-21)29-26(32)31-14-12-30(13-15-31)18-20-6-7-25(24(27)16-20)33-23-8-10-28-11-9-23/h3-7,16-17,19,23,28H,8-15,18H2,1-2H3,(H,29,32). The van der Waals surface area contributed by atoms with Crippen molar-refractivity contribution in [2.24, 2.45) is 0 Å². The topological polar surface area (TPSA) is 56.8 Å². The van der Waals surface area contributed by atoms with E-state index in [-0.39, 0.29) is 6.03 Å². The van der Waals surface area contributed by atoms with Crippen molar-refractivity contribution in [1.29, 1.82) is 0 Å². The molecule has 0 saturated carbocycles. The van der Waals surface area contributed by atoms with Crippen LogP contribution < -0.4 is 15.4 Å². The smallest absolute Gasteiger partial charge is 0.321 e. The van der Waals surface area contributed by atoms with E-state index in [1.54, 1.807) is 0 Å². The molecule has 2 saturated heterocycles. The fourth-order valence-electron chi connectivity index (χ4n) is 4.38. The molecule has 2 fully saturated rings. The van der Waals surface area contributed by atoms with Gasteiger partial charge in [0, 0.05) is 38.4 Å². The molecular formula is C26H35BrN4O2. The lowest BCUT2D eigenvalue weighted by molar-refractivity contribution is 0.142. The molecule has 0 aliphatic carbocycles. The minimum absolute atomic E-state index is 0.0160. The number of piperazine rings is 1. The summed E-state index contributed by atoms with van der Waals surface area (Å²) in [5, 5.41) is 6.44. The van der Waals surface area contributed by atoms with Crippen molar-refractivity contribution in [3.63, 3.8) is 0 Å². The van der Waals surface area contributed by atoms with Crippen molar-refractivity contribution in [2.75, 3.05) is 44.6 Å². The molecular weight excluding hydrogens is 480 g/mol. The quantitative estimate of drug-likeness (QED) is 0.565. The van der Waals surface area contributed by atoms with Gasteiger partial charge < -0.3 is 20.3 Å². The van der Waals surface area contributed by atoms with Gasteiger partial charge in [0.2, 0.25) is 0 Å². The number of ether oxygens (including phenoxy) is 1. The van der Waals surface area contributed by atoms with Crippen molar-refractivity contribution < 1.29 is 9.53 Å². The van der Waals surface area contributed by atoms with Crippen LogP contribution >= 0.6 is 15.9 Å². The molecule has 0 unspecified atom stereocenters. The Morgan fingerprint density at radius 1 is 1.12 bits per heavy atom. The Morgan fingerprint density at radius 3 is 2.58 bits per heavy atom. The first-order valence-electron chi connectivity index (χ1n) is 12.0. The highest BCUT2D eigenvalue weighted by Gasteiger charge is 2.22. The van der Waals surface area contributed by atoms with Crippen molar-refractivity contribution >= 4 is 27.6 Å². The first kappa shape index (κ1) is 24.0. The first-order chi connectivity index (χ1) is 16.0. The number of halogens is 1. The summed E-state index contributed by atoms with van der Waals surface area (Å²) in [7, 11) is 0. The number of nitrogens with one attached hydrogen (secondary N) is 2. The summed E-state index contributed by atoms with van der Waals surface area (Å²) in [4.78, 5) is 17.0. The van der Waals surface area contributed by atoms with Gasteiger partial charge in [0.15, 0.2) is 0 Å². The van der Waals surface area contributed by atoms with E-state index in [0.717, 1.165) is 74.6 Å². The Morgan fingerprint density at radius 2 is 1.88 bits per heavy atom. The number of anilines is 1. The minimum atomic E-state index is -0.0160. The average molecular weight is 515 g/mol. The zero-order chi connectivity index (χ0) is 23.2. The van der Waals surface area contributed by atoms with E-state index in [0.29, 0.717) is 12.0 Å². The lowest BCUT2D eigenvalue weighted by atomic mass is 10.0. The predicted molar refractivity (Wildman–Crippen MR) is 137 cm³/mol. The third-order valence-corrected chi connectivity index (χ3v) is 7.07. The first-order valence-corrected chi connectivity index (χ1v) is 12.8. The van der Waals surface area contributed by atoms with Crippen molar-refractivity contribution in [2.45, 2.75) is 45.3 Å². The van der Waals surface area contributed by atoms with E-state index in [9.17, 15) is 4.79 Å². The molecule has 33 heavy (non-hydrogen) atoms. The van der Waals surface area contributed by atoms with Crippen LogP contribution in [0, 0.1) is 0 Å². The number of rotatable bonds is 6. The molecule has 4 rings (SSSR count). The van der Waals surface area contributed by atoms with Gasteiger partial charge in [-0.2, -0.15) is 0 Å². The van der Waals surface area contributed by atoms with Gasteiger partial charge in [-0.1, -0.05) is 32.0 Å². The van der Waals surface area contributed by atoms with Gasteiger partial charge in [0.05, 0.1) is 4.47 Å². The van der Waals surface area contributed by atoms with E-state index in [1.165, 1.54) is 11.1 Å². The molecule has 2 aliphatic rings. The second kappa shape index (κ2) is 11.4. The highest BCUT2D eigenvalue weighted by atomic mass is 79.9. The zero-order valence-electron chi connectivity index (χ0n) is 19.6. The molecule has 0 atom stereocenters. The van der Waals surface area contributed by atoms with Crippen molar-refractivity contribution in [1.82, 2.24) is 15.1 Å². The third kappa shape index (κ3) is 6.71. The number of carbonyl (C=O) groups is 1. The molecule has 6 nitrogen and oxygen atoms in total. The van der Waals surface area contributed by atoms with Crippen LogP contribution in [0.15, 0.2) is 46.9 Å². The fraction of sp³-hybridized carbons (Fsp3) is 0.500. The minimum Gasteiger partial charge on any atom is -0.489 e. The van der Waals surface area contributed by atoms with Gasteiger partial charge >= 0.3 is 6.03 Å². The van der Waals surface area contributed by atoms with Gasteiger partial charge in [-0.05, 0) is 83.2 Å². The molecule has 2 aromatic rings. The molecule has 2 aromatic carbocycles. The van der Waals surface area contributed by atoms with Crippen LogP contribution in [-0.4, -0.2) is 61.2 Å². The molecule has 2 heterocycles. The van der Waals surface area contributed by atoms with Crippen molar-refractivity contribution in [3.8, 4) is 5.75 Å². The number of hydrogen-bond acceptors (Lipinski definition) is 4. The number of amides is 2. The van der Waals surface area contributed by atoms with Gasteiger partial charge in [0.1, 0.15) is 11.9 Å². The fourth-order valence-corrected chi connectivity index (χ4v) is 4.90. The molecule has 0 bridgehead atoms. The summed E-state index contributed by atoms with van der Waals surface area (Å²) in [6, 6.07) is 14.5. The summed E-state index contributed by atoms with van der Waals surface area (Å²) in [6.45, 7) is 10.4. The Bertz CT molecular complexity index is 938. The van der Waals surface area contributed by atoms with E-state index >= 15 is 0 Å². The normalized spacial score (nSPS) is 17.9. The SMILES string of the molecule is CC(C)c1cccc(NC(=O)N2CCN(Cc3ccc(OC4CCNCC4)c(Br)c3)CC2)c1. The van der Waals surface area contributed by atoms with E-state index in [2.05, 4.69) is 75.6 Å². The van der Waals surface area contributed by atoms with Crippen LogP contribution in [0.3, 0.4) is 0 Å². The van der Waals surface area contributed by atoms with E-state index < -0.39 is 0 Å². The van der Waals surface area contributed by atoms with Gasteiger partial charge in [0.25, 0.3) is 0 Å². The van der Waals surface area contributed by atoms with Gasteiger partial charge in [-0.3, -0.25) is 4.90 Å².